The van der Waals surface area contributed by atoms with Gasteiger partial charge in [0.25, 0.3) is 10.1 Å². The highest BCUT2D eigenvalue weighted by molar-refractivity contribution is 7.86. The molecule has 0 saturated carbocycles. The van der Waals surface area contributed by atoms with E-state index >= 15 is 0 Å². The molecule has 0 fully saturated rings. The van der Waals surface area contributed by atoms with Crippen LogP contribution in [-0.4, -0.2) is 13.4 Å². The minimum absolute atomic E-state index is 0.125. The molecule has 0 amide bonds. The van der Waals surface area contributed by atoms with Crippen molar-refractivity contribution in [2.75, 3.05) is 0 Å². The van der Waals surface area contributed by atoms with Crippen LogP contribution in [0, 0.1) is 6.92 Å². The molecule has 0 bridgehead atoms. The van der Waals surface area contributed by atoms with Crippen LogP contribution in [0.2, 0.25) is 5.02 Å². The van der Waals surface area contributed by atoms with E-state index in [0.717, 1.165) is 5.56 Å². The summed E-state index contributed by atoms with van der Waals surface area (Å²) < 4.78 is 28.8. The smallest absolute Gasteiger partial charge is 0.260 e. The number of nitrogens with zero attached hydrogens (tertiary/aromatic N) is 1. The fourth-order valence-corrected chi connectivity index (χ4v) is 2.50. The minimum Gasteiger partial charge on any atom is -0.260 e. The van der Waals surface area contributed by atoms with Crippen LogP contribution >= 0.6 is 11.6 Å². The number of aromatic nitrogens is 1. The first-order valence-electron chi connectivity index (χ1n) is 5.54. The summed E-state index contributed by atoms with van der Waals surface area (Å²) in [5.41, 5.74) is 1.44. The van der Waals surface area contributed by atoms with Crippen LogP contribution in [0.1, 0.15) is 11.3 Å². The van der Waals surface area contributed by atoms with E-state index in [1.54, 1.807) is 24.3 Å². The molecule has 19 heavy (non-hydrogen) atoms. The van der Waals surface area contributed by atoms with E-state index in [1.807, 2.05) is 6.92 Å². The van der Waals surface area contributed by atoms with Gasteiger partial charge < -0.3 is 0 Å². The summed E-state index contributed by atoms with van der Waals surface area (Å²) in [6, 6.07) is 9.62. The van der Waals surface area contributed by atoms with Gasteiger partial charge in [0.2, 0.25) is 0 Å². The number of halogens is 1. The third-order valence-electron chi connectivity index (χ3n) is 2.45. The van der Waals surface area contributed by atoms with Crippen LogP contribution in [0.25, 0.3) is 0 Å². The van der Waals surface area contributed by atoms with Crippen molar-refractivity contribution in [3.8, 4) is 0 Å². The zero-order chi connectivity index (χ0) is 13.9. The molecular weight excluding hydrogens is 286 g/mol. The summed E-state index contributed by atoms with van der Waals surface area (Å²) in [5, 5.41) is 0.487. The maximum absolute atomic E-state index is 11.9. The molecule has 2 aromatic rings. The molecule has 0 unspecified atom stereocenters. The Morgan fingerprint density at radius 3 is 2.53 bits per heavy atom. The highest BCUT2D eigenvalue weighted by Crippen LogP contribution is 2.16. The molecule has 0 atom stereocenters. The lowest BCUT2D eigenvalue weighted by Gasteiger charge is -2.05. The van der Waals surface area contributed by atoms with Gasteiger partial charge in [-0.05, 0) is 31.2 Å². The SMILES string of the molecule is Cc1ccc(S(=O)(=O)OCc2cc(Cl)ccn2)cc1. The summed E-state index contributed by atoms with van der Waals surface area (Å²) in [6.07, 6.45) is 1.50. The lowest BCUT2D eigenvalue weighted by molar-refractivity contribution is 0.303. The highest BCUT2D eigenvalue weighted by atomic mass is 35.5. The molecule has 0 N–H and O–H groups in total. The first-order chi connectivity index (χ1) is 8.97. The first-order valence-corrected chi connectivity index (χ1v) is 7.32. The van der Waals surface area contributed by atoms with Crippen LogP contribution in [0.5, 0.6) is 0 Å². The molecular formula is C13H12ClNO3S. The average Bonchev–Trinajstić information content (AvgIpc) is 2.37. The molecule has 0 aliphatic heterocycles. The van der Waals surface area contributed by atoms with Gasteiger partial charge in [-0.25, -0.2) is 0 Å². The molecule has 100 valence electrons. The van der Waals surface area contributed by atoms with Crippen molar-refractivity contribution in [2.24, 2.45) is 0 Å². The van der Waals surface area contributed by atoms with E-state index in [2.05, 4.69) is 4.98 Å². The second-order valence-electron chi connectivity index (χ2n) is 3.99. The number of aryl methyl sites for hydroxylation is 1. The normalized spacial score (nSPS) is 11.5. The van der Waals surface area contributed by atoms with E-state index < -0.39 is 10.1 Å². The molecule has 1 aromatic heterocycles. The highest BCUT2D eigenvalue weighted by Gasteiger charge is 2.15. The summed E-state index contributed by atoms with van der Waals surface area (Å²) in [6.45, 7) is 1.74. The molecule has 0 saturated heterocycles. The molecule has 0 aliphatic carbocycles. The zero-order valence-electron chi connectivity index (χ0n) is 10.2. The summed E-state index contributed by atoms with van der Waals surface area (Å²) in [7, 11) is -3.77. The van der Waals surface area contributed by atoms with Crippen LogP contribution in [0.15, 0.2) is 47.5 Å². The quantitative estimate of drug-likeness (QED) is 0.814. The molecule has 1 heterocycles. The summed E-state index contributed by atoms with van der Waals surface area (Å²) in [5.74, 6) is 0. The monoisotopic (exact) mass is 297 g/mol. The third-order valence-corrected chi connectivity index (χ3v) is 3.96. The van der Waals surface area contributed by atoms with Gasteiger partial charge in [0.1, 0.15) is 6.61 Å². The summed E-state index contributed by atoms with van der Waals surface area (Å²) >= 11 is 5.78. The maximum Gasteiger partial charge on any atom is 0.297 e. The average molecular weight is 298 g/mol. The van der Waals surface area contributed by atoms with Crippen molar-refractivity contribution < 1.29 is 12.6 Å². The first kappa shape index (κ1) is 14.0. The lowest BCUT2D eigenvalue weighted by Crippen LogP contribution is -2.07. The lowest BCUT2D eigenvalue weighted by atomic mass is 10.2. The van der Waals surface area contributed by atoms with Gasteiger partial charge in [-0.2, -0.15) is 8.42 Å². The van der Waals surface area contributed by atoms with Crippen molar-refractivity contribution in [1.82, 2.24) is 4.98 Å². The fourth-order valence-electron chi connectivity index (χ4n) is 1.44. The number of hydrogen-bond donors (Lipinski definition) is 0. The van der Waals surface area contributed by atoms with E-state index in [-0.39, 0.29) is 11.5 Å². The predicted molar refractivity (Wildman–Crippen MR) is 72.4 cm³/mol. The van der Waals surface area contributed by atoms with Crippen molar-refractivity contribution in [3.63, 3.8) is 0 Å². The van der Waals surface area contributed by atoms with E-state index in [4.69, 9.17) is 15.8 Å². The molecule has 1 aromatic carbocycles. The van der Waals surface area contributed by atoms with Crippen LogP contribution in [-0.2, 0) is 20.9 Å². The third kappa shape index (κ3) is 3.76. The number of pyridine rings is 1. The molecule has 0 radical (unpaired) electrons. The molecule has 2 rings (SSSR count). The molecule has 6 heteroatoms. The Kier molecular flexibility index (Phi) is 4.19. The van der Waals surface area contributed by atoms with Gasteiger partial charge in [-0.1, -0.05) is 29.3 Å². The number of hydrogen-bond acceptors (Lipinski definition) is 4. The van der Waals surface area contributed by atoms with E-state index in [1.165, 1.54) is 18.3 Å². The molecule has 0 spiro atoms. The van der Waals surface area contributed by atoms with E-state index in [9.17, 15) is 8.42 Å². The Labute approximate surface area is 117 Å². The van der Waals surface area contributed by atoms with Crippen molar-refractivity contribution in [3.05, 3.63) is 58.9 Å². The fraction of sp³-hybridized carbons (Fsp3) is 0.154. The Morgan fingerprint density at radius 1 is 1.21 bits per heavy atom. The van der Waals surface area contributed by atoms with Gasteiger partial charge in [-0.15, -0.1) is 0 Å². The van der Waals surface area contributed by atoms with Crippen LogP contribution < -0.4 is 0 Å². The molecule has 0 aliphatic rings. The summed E-state index contributed by atoms with van der Waals surface area (Å²) in [4.78, 5) is 4.10. The second kappa shape index (κ2) is 5.69. The van der Waals surface area contributed by atoms with Gasteiger partial charge in [0.15, 0.2) is 0 Å². The second-order valence-corrected chi connectivity index (χ2v) is 6.05. The maximum atomic E-state index is 11.9. The zero-order valence-corrected chi connectivity index (χ0v) is 11.8. The van der Waals surface area contributed by atoms with Crippen LogP contribution in [0.3, 0.4) is 0 Å². The van der Waals surface area contributed by atoms with Crippen molar-refractivity contribution in [1.29, 1.82) is 0 Å². The Bertz CT molecular complexity index is 669. The Balaban J connectivity index is 2.12. The standard InChI is InChI=1S/C13H12ClNO3S/c1-10-2-4-13(5-3-10)19(16,17)18-9-12-8-11(14)6-7-15-12/h2-8H,9H2,1H3. The van der Waals surface area contributed by atoms with Gasteiger partial charge >= 0.3 is 0 Å². The Hall–Kier alpha value is -1.43. The van der Waals surface area contributed by atoms with E-state index in [0.29, 0.717) is 10.7 Å². The predicted octanol–water partition coefficient (Wildman–Crippen LogP) is 2.95. The minimum atomic E-state index is -3.77. The van der Waals surface area contributed by atoms with Crippen LogP contribution in [0.4, 0.5) is 0 Å². The topological polar surface area (TPSA) is 56.3 Å². The van der Waals surface area contributed by atoms with Crippen molar-refractivity contribution in [2.45, 2.75) is 18.4 Å². The van der Waals surface area contributed by atoms with Crippen molar-refractivity contribution >= 4 is 21.7 Å². The van der Waals surface area contributed by atoms with Gasteiger partial charge in [0, 0.05) is 11.2 Å². The largest absolute Gasteiger partial charge is 0.297 e. The van der Waals surface area contributed by atoms with Gasteiger partial charge in [0.05, 0.1) is 10.6 Å². The van der Waals surface area contributed by atoms with Gasteiger partial charge in [-0.3, -0.25) is 9.17 Å². The number of rotatable bonds is 4. The Morgan fingerprint density at radius 2 is 1.89 bits per heavy atom. The number of benzene rings is 1. The molecule has 4 nitrogen and oxygen atoms in total.